The van der Waals surface area contributed by atoms with E-state index in [-0.39, 0.29) is 23.5 Å². The summed E-state index contributed by atoms with van der Waals surface area (Å²) in [6.45, 7) is 4.53. The molecule has 0 aromatic rings. The minimum Gasteiger partial charge on any atom is -0.396 e. The van der Waals surface area contributed by atoms with Gasteiger partial charge in [0.1, 0.15) is 0 Å². The highest BCUT2D eigenvalue weighted by Gasteiger charge is 2.63. The third kappa shape index (κ3) is 0.686. The molecule has 2 rings (SSSR count). The van der Waals surface area contributed by atoms with Crippen LogP contribution in [0.3, 0.4) is 0 Å². The highest BCUT2D eigenvalue weighted by molar-refractivity contribution is 5.12. The van der Waals surface area contributed by atoms with Crippen molar-refractivity contribution in [3.63, 3.8) is 0 Å². The molecule has 0 aromatic heterocycles. The van der Waals surface area contributed by atoms with Crippen LogP contribution in [-0.4, -0.2) is 22.9 Å². The fourth-order valence-corrected chi connectivity index (χ4v) is 3.41. The van der Waals surface area contributed by atoms with Gasteiger partial charge in [-0.05, 0) is 30.6 Å². The molecule has 0 heterocycles. The van der Waals surface area contributed by atoms with Gasteiger partial charge in [-0.3, -0.25) is 0 Å². The van der Waals surface area contributed by atoms with E-state index in [2.05, 4.69) is 13.8 Å². The number of aliphatic hydroxyl groups is 2. The summed E-state index contributed by atoms with van der Waals surface area (Å²) < 4.78 is 0. The van der Waals surface area contributed by atoms with Crippen LogP contribution in [0.1, 0.15) is 33.1 Å². The number of hydrogen-bond donors (Lipinski definition) is 2. The summed E-state index contributed by atoms with van der Waals surface area (Å²) >= 11 is 0. The quantitative estimate of drug-likeness (QED) is 0.620. The van der Waals surface area contributed by atoms with E-state index in [0.717, 1.165) is 12.8 Å². The Balaban J connectivity index is 2.39. The zero-order valence-corrected chi connectivity index (χ0v) is 7.88. The molecule has 2 bridgehead atoms. The highest BCUT2D eigenvalue weighted by atomic mass is 16.3. The molecule has 2 nitrogen and oxygen atoms in total. The molecule has 2 aliphatic carbocycles. The Morgan fingerprint density at radius 3 is 2.33 bits per heavy atom. The second-order valence-electron chi connectivity index (χ2n) is 5.02. The third-order valence-corrected chi connectivity index (χ3v) is 4.67. The monoisotopic (exact) mass is 170 g/mol. The minimum absolute atomic E-state index is 0.140. The zero-order valence-electron chi connectivity index (χ0n) is 7.88. The van der Waals surface area contributed by atoms with Gasteiger partial charge < -0.3 is 10.2 Å². The van der Waals surface area contributed by atoms with E-state index in [1.165, 1.54) is 6.42 Å². The predicted molar refractivity (Wildman–Crippen MR) is 46.6 cm³/mol. The summed E-state index contributed by atoms with van der Waals surface area (Å²) in [6.07, 6.45) is 2.82. The van der Waals surface area contributed by atoms with E-state index < -0.39 is 0 Å². The van der Waals surface area contributed by atoms with Crippen LogP contribution in [0.25, 0.3) is 0 Å². The first kappa shape index (κ1) is 8.52. The SMILES string of the molecule is CC1(C)C2CC[C@]1(CO)[C@H](O)C2. The van der Waals surface area contributed by atoms with Crippen LogP contribution in [0.5, 0.6) is 0 Å². The van der Waals surface area contributed by atoms with Gasteiger partial charge in [0.25, 0.3) is 0 Å². The molecule has 2 aliphatic rings. The average molecular weight is 170 g/mol. The Morgan fingerprint density at radius 1 is 1.42 bits per heavy atom. The van der Waals surface area contributed by atoms with Crippen LogP contribution < -0.4 is 0 Å². The Bertz CT molecular complexity index is 200. The van der Waals surface area contributed by atoms with Gasteiger partial charge >= 0.3 is 0 Å². The van der Waals surface area contributed by atoms with Crippen LogP contribution in [0.15, 0.2) is 0 Å². The maximum Gasteiger partial charge on any atom is 0.0626 e. The molecule has 3 atom stereocenters. The smallest absolute Gasteiger partial charge is 0.0626 e. The van der Waals surface area contributed by atoms with Crippen LogP contribution in [-0.2, 0) is 0 Å². The summed E-state index contributed by atoms with van der Waals surface area (Å²) in [5, 5.41) is 19.2. The summed E-state index contributed by atoms with van der Waals surface area (Å²) in [5.41, 5.74) is -0.0428. The van der Waals surface area contributed by atoms with E-state index in [1.807, 2.05) is 0 Å². The van der Waals surface area contributed by atoms with Crippen molar-refractivity contribution in [1.29, 1.82) is 0 Å². The fraction of sp³-hybridized carbons (Fsp3) is 1.00. The lowest BCUT2D eigenvalue weighted by molar-refractivity contribution is -0.0446. The second-order valence-corrected chi connectivity index (χ2v) is 5.02. The number of fused-ring (bicyclic) bond motifs is 2. The molecule has 2 N–H and O–H groups in total. The van der Waals surface area contributed by atoms with Crippen LogP contribution in [0.2, 0.25) is 0 Å². The maximum atomic E-state index is 9.85. The molecule has 70 valence electrons. The lowest BCUT2D eigenvalue weighted by Gasteiger charge is -2.38. The summed E-state index contributed by atoms with van der Waals surface area (Å²) in [6, 6.07) is 0. The van der Waals surface area contributed by atoms with E-state index >= 15 is 0 Å². The summed E-state index contributed by atoms with van der Waals surface area (Å²) in [5.74, 6) is 0.625. The van der Waals surface area contributed by atoms with E-state index in [4.69, 9.17) is 0 Å². The molecular formula is C10H18O2. The predicted octanol–water partition coefficient (Wildman–Crippen LogP) is 1.17. The molecule has 2 saturated carbocycles. The Morgan fingerprint density at radius 2 is 2.08 bits per heavy atom. The molecule has 0 aliphatic heterocycles. The standard InChI is InChI=1S/C10H18O2/c1-9(2)7-3-4-10(9,6-11)8(12)5-7/h7-8,11-12H,3-6H2,1-2H3/t7?,8-,10+/m1/s1. The van der Waals surface area contributed by atoms with Crippen molar-refractivity contribution >= 4 is 0 Å². The van der Waals surface area contributed by atoms with Gasteiger partial charge in [-0.1, -0.05) is 13.8 Å². The molecule has 0 aromatic carbocycles. The molecular weight excluding hydrogens is 152 g/mol. The van der Waals surface area contributed by atoms with Crippen molar-refractivity contribution in [2.45, 2.75) is 39.2 Å². The number of aliphatic hydroxyl groups excluding tert-OH is 2. The average Bonchev–Trinajstić information content (AvgIpc) is 2.36. The first-order valence-electron chi connectivity index (χ1n) is 4.83. The van der Waals surface area contributed by atoms with Gasteiger partial charge in [-0.15, -0.1) is 0 Å². The van der Waals surface area contributed by atoms with Gasteiger partial charge in [0.15, 0.2) is 0 Å². The van der Waals surface area contributed by atoms with Crippen LogP contribution >= 0.6 is 0 Å². The molecule has 2 fully saturated rings. The van der Waals surface area contributed by atoms with Crippen molar-refractivity contribution in [1.82, 2.24) is 0 Å². The molecule has 1 unspecified atom stereocenters. The highest BCUT2D eigenvalue weighted by Crippen LogP contribution is 2.65. The number of rotatable bonds is 1. The second kappa shape index (κ2) is 2.24. The van der Waals surface area contributed by atoms with E-state index in [0.29, 0.717) is 5.92 Å². The Kier molecular flexibility index (Phi) is 1.59. The van der Waals surface area contributed by atoms with Crippen molar-refractivity contribution in [2.24, 2.45) is 16.7 Å². The molecule has 0 amide bonds. The van der Waals surface area contributed by atoms with Crippen molar-refractivity contribution < 1.29 is 10.2 Å². The van der Waals surface area contributed by atoms with Crippen LogP contribution in [0, 0.1) is 16.7 Å². The van der Waals surface area contributed by atoms with Gasteiger partial charge in [0, 0.05) is 5.41 Å². The number of hydrogen-bond acceptors (Lipinski definition) is 2. The summed E-state index contributed by atoms with van der Waals surface area (Å²) in [7, 11) is 0. The van der Waals surface area contributed by atoms with Gasteiger partial charge in [-0.25, -0.2) is 0 Å². The largest absolute Gasteiger partial charge is 0.396 e. The van der Waals surface area contributed by atoms with Gasteiger partial charge in [0.05, 0.1) is 12.7 Å². The zero-order chi connectivity index (χ0) is 8.98. The maximum absolute atomic E-state index is 9.85. The Labute approximate surface area is 73.6 Å². The van der Waals surface area contributed by atoms with E-state index in [9.17, 15) is 10.2 Å². The molecule has 2 heteroatoms. The molecule has 12 heavy (non-hydrogen) atoms. The van der Waals surface area contributed by atoms with Crippen LogP contribution in [0.4, 0.5) is 0 Å². The van der Waals surface area contributed by atoms with Crippen molar-refractivity contribution in [3.8, 4) is 0 Å². The molecule has 0 saturated heterocycles. The van der Waals surface area contributed by atoms with Gasteiger partial charge in [0.2, 0.25) is 0 Å². The summed E-state index contributed by atoms with van der Waals surface area (Å²) in [4.78, 5) is 0. The Hall–Kier alpha value is -0.0800. The first-order valence-corrected chi connectivity index (χ1v) is 4.83. The third-order valence-electron chi connectivity index (χ3n) is 4.67. The normalized spacial score (nSPS) is 50.0. The topological polar surface area (TPSA) is 40.5 Å². The lowest BCUT2D eigenvalue weighted by atomic mass is 9.69. The molecule has 0 spiro atoms. The minimum atomic E-state index is -0.267. The van der Waals surface area contributed by atoms with Gasteiger partial charge in [-0.2, -0.15) is 0 Å². The van der Waals surface area contributed by atoms with Crippen molar-refractivity contribution in [2.75, 3.05) is 6.61 Å². The van der Waals surface area contributed by atoms with E-state index in [1.54, 1.807) is 0 Å². The fourth-order valence-electron chi connectivity index (χ4n) is 3.41. The lowest BCUT2D eigenvalue weighted by Crippen LogP contribution is -2.41. The van der Waals surface area contributed by atoms with Crippen molar-refractivity contribution in [3.05, 3.63) is 0 Å². The first-order chi connectivity index (χ1) is 5.54. The molecule has 0 radical (unpaired) electrons.